The summed E-state index contributed by atoms with van der Waals surface area (Å²) in [6.45, 7) is 9.03. The van der Waals surface area contributed by atoms with Gasteiger partial charge < -0.3 is 4.55 Å². The first-order valence-electron chi connectivity index (χ1n) is 15.0. The summed E-state index contributed by atoms with van der Waals surface area (Å²) in [5.74, 6) is 0. The molecule has 0 saturated heterocycles. The minimum Gasteiger partial charge on any atom is -0.616 e. The Morgan fingerprint density at radius 2 is 0.625 bits per heavy atom. The average Bonchev–Trinajstić information content (AvgIpc) is 2.80. The van der Waals surface area contributed by atoms with Gasteiger partial charge in [-0.3, -0.25) is 0 Å². The lowest BCUT2D eigenvalue weighted by Gasteiger charge is -2.24. The van der Waals surface area contributed by atoms with Gasteiger partial charge in [-0.05, 0) is 50.7 Å². The van der Waals surface area contributed by atoms with Crippen LogP contribution in [0, 0.1) is 0 Å². The van der Waals surface area contributed by atoms with Gasteiger partial charge in [0, 0.05) is 0 Å². The summed E-state index contributed by atoms with van der Waals surface area (Å²) >= 11 is -0.639. The molecule has 0 spiro atoms. The summed E-state index contributed by atoms with van der Waals surface area (Å²) in [4.78, 5) is 0. The second kappa shape index (κ2) is 25.9. The Morgan fingerprint density at radius 1 is 0.406 bits per heavy atom. The highest BCUT2D eigenvalue weighted by Crippen LogP contribution is 2.21. The van der Waals surface area contributed by atoms with Crippen LogP contribution in [0.1, 0.15) is 182 Å². The van der Waals surface area contributed by atoms with Gasteiger partial charge in [0.1, 0.15) is 10.5 Å². The molecular formula is C30H62OS. The predicted molar refractivity (Wildman–Crippen MR) is 149 cm³/mol. The maximum Gasteiger partial charge on any atom is 0.113 e. The summed E-state index contributed by atoms with van der Waals surface area (Å²) in [5, 5.41) is 0.771. The molecule has 1 nitrogen and oxygen atoms in total. The molecule has 0 aliphatic heterocycles. The maximum absolute atomic E-state index is 12.8. The van der Waals surface area contributed by atoms with E-state index in [1.165, 1.54) is 141 Å². The highest BCUT2D eigenvalue weighted by molar-refractivity contribution is 7.92. The Labute approximate surface area is 207 Å². The van der Waals surface area contributed by atoms with Gasteiger partial charge in [0.05, 0.1) is 0 Å². The monoisotopic (exact) mass is 470 g/mol. The van der Waals surface area contributed by atoms with Crippen molar-refractivity contribution in [2.75, 3.05) is 0 Å². The number of hydrogen-bond donors (Lipinski definition) is 0. The summed E-state index contributed by atoms with van der Waals surface area (Å²) < 4.78 is 12.8. The van der Waals surface area contributed by atoms with Gasteiger partial charge in [-0.25, -0.2) is 0 Å². The molecule has 0 saturated carbocycles. The van der Waals surface area contributed by atoms with Crippen LogP contribution in [0.4, 0.5) is 0 Å². The summed E-state index contributed by atoms with van der Waals surface area (Å²) in [5.41, 5.74) is 0. The van der Waals surface area contributed by atoms with Crippen LogP contribution in [0.25, 0.3) is 0 Å². The first kappa shape index (κ1) is 32.3. The molecule has 0 bridgehead atoms. The van der Waals surface area contributed by atoms with Crippen molar-refractivity contribution in [3.05, 3.63) is 0 Å². The van der Waals surface area contributed by atoms with Crippen LogP contribution in [0.3, 0.4) is 0 Å². The maximum atomic E-state index is 12.8. The Bertz CT molecular complexity index is 314. The van der Waals surface area contributed by atoms with Crippen molar-refractivity contribution < 1.29 is 4.55 Å². The van der Waals surface area contributed by atoms with E-state index in [0.29, 0.717) is 10.5 Å². The zero-order valence-corrected chi connectivity index (χ0v) is 23.8. The van der Waals surface area contributed by atoms with Gasteiger partial charge in [0.15, 0.2) is 0 Å². The lowest BCUT2D eigenvalue weighted by molar-refractivity contribution is 0.521. The molecule has 194 valence electrons. The lowest BCUT2D eigenvalue weighted by Crippen LogP contribution is -2.28. The first-order chi connectivity index (χ1) is 15.6. The zero-order valence-electron chi connectivity index (χ0n) is 22.9. The van der Waals surface area contributed by atoms with Crippen LogP contribution in [0.15, 0.2) is 0 Å². The zero-order chi connectivity index (χ0) is 23.7. The minimum atomic E-state index is -0.639. The Hall–Kier alpha value is 0.310. The molecule has 2 unspecified atom stereocenters. The van der Waals surface area contributed by atoms with Crippen molar-refractivity contribution in [1.29, 1.82) is 0 Å². The third-order valence-electron chi connectivity index (χ3n) is 7.22. The molecule has 2 heteroatoms. The molecule has 0 radical (unpaired) electrons. The molecule has 0 aromatic carbocycles. The molecule has 0 aliphatic carbocycles. The number of hydrogen-bond acceptors (Lipinski definition) is 1. The number of unbranched alkanes of at least 4 members (excludes halogenated alkanes) is 20. The third kappa shape index (κ3) is 22.1. The van der Waals surface area contributed by atoms with E-state index in [9.17, 15) is 4.55 Å². The van der Waals surface area contributed by atoms with Crippen molar-refractivity contribution >= 4 is 11.2 Å². The van der Waals surface area contributed by atoms with E-state index >= 15 is 0 Å². The van der Waals surface area contributed by atoms with Crippen LogP contribution in [0.5, 0.6) is 0 Å². The molecule has 0 rings (SSSR count). The van der Waals surface area contributed by atoms with Gasteiger partial charge in [-0.2, -0.15) is 0 Å². The van der Waals surface area contributed by atoms with Crippen molar-refractivity contribution in [1.82, 2.24) is 0 Å². The highest BCUT2D eigenvalue weighted by atomic mass is 32.2. The third-order valence-corrected chi connectivity index (χ3v) is 9.28. The molecular weight excluding hydrogens is 408 g/mol. The van der Waals surface area contributed by atoms with Crippen molar-refractivity contribution in [3.63, 3.8) is 0 Å². The lowest BCUT2D eigenvalue weighted by atomic mass is 10.0. The molecule has 0 fully saturated rings. The van der Waals surface area contributed by atoms with Crippen LogP contribution in [-0.4, -0.2) is 15.1 Å². The molecule has 0 heterocycles. The van der Waals surface area contributed by atoms with Crippen molar-refractivity contribution in [2.45, 2.75) is 192 Å². The first-order valence-corrected chi connectivity index (χ1v) is 16.3. The van der Waals surface area contributed by atoms with Crippen LogP contribution < -0.4 is 0 Å². The molecule has 0 N–H and O–H groups in total. The predicted octanol–water partition coefficient (Wildman–Crippen LogP) is 10.9. The normalized spacial score (nSPS) is 14.5. The van der Waals surface area contributed by atoms with E-state index in [1.54, 1.807) is 0 Å². The van der Waals surface area contributed by atoms with Crippen LogP contribution in [-0.2, 0) is 11.2 Å². The molecule has 0 amide bonds. The molecule has 32 heavy (non-hydrogen) atoms. The van der Waals surface area contributed by atoms with Crippen molar-refractivity contribution in [2.24, 2.45) is 0 Å². The fraction of sp³-hybridized carbons (Fsp3) is 1.00. The topological polar surface area (TPSA) is 23.1 Å². The van der Waals surface area contributed by atoms with E-state index in [2.05, 4.69) is 27.7 Å². The standard InChI is InChI=1S/C30H62OS/c1-5-7-9-11-13-15-17-19-21-23-25-27-29(3)32(31)30(4)28-26-24-22-20-18-16-14-12-10-8-6-2/h29-30H,5-28H2,1-4H3. The van der Waals surface area contributed by atoms with Gasteiger partial charge in [-0.15, -0.1) is 0 Å². The summed E-state index contributed by atoms with van der Waals surface area (Å²) in [6.07, 6.45) is 32.9. The van der Waals surface area contributed by atoms with E-state index in [0.717, 1.165) is 12.8 Å². The Kier molecular flexibility index (Phi) is 26.2. The Balaban J connectivity index is 3.45. The van der Waals surface area contributed by atoms with Crippen LogP contribution >= 0.6 is 0 Å². The van der Waals surface area contributed by atoms with E-state index < -0.39 is 11.2 Å². The van der Waals surface area contributed by atoms with Gasteiger partial charge >= 0.3 is 0 Å². The van der Waals surface area contributed by atoms with Gasteiger partial charge in [-0.1, -0.05) is 142 Å². The smallest absolute Gasteiger partial charge is 0.113 e. The average molecular weight is 471 g/mol. The summed E-state index contributed by atoms with van der Waals surface area (Å²) in [6, 6.07) is 0. The van der Waals surface area contributed by atoms with Crippen LogP contribution in [0.2, 0.25) is 0 Å². The SMILES string of the molecule is CCCCCCCCCCCCCC(C)[S+]([O-])C(C)CCCCCCCCCCCCC. The molecule has 2 atom stereocenters. The van der Waals surface area contributed by atoms with E-state index in [4.69, 9.17) is 0 Å². The Morgan fingerprint density at radius 3 is 0.875 bits per heavy atom. The largest absolute Gasteiger partial charge is 0.616 e. The van der Waals surface area contributed by atoms with E-state index in [1.807, 2.05) is 0 Å². The quantitative estimate of drug-likeness (QED) is 0.0910. The molecule has 0 aliphatic rings. The fourth-order valence-electron chi connectivity index (χ4n) is 4.82. The molecule has 0 aromatic rings. The van der Waals surface area contributed by atoms with E-state index in [-0.39, 0.29) is 0 Å². The minimum absolute atomic E-state index is 0.385. The second-order valence-corrected chi connectivity index (χ2v) is 12.9. The summed E-state index contributed by atoms with van der Waals surface area (Å²) in [7, 11) is 0. The van der Waals surface area contributed by atoms with Gasteiger partial charge in [0.25, 0.3) is 0 Å². The second-order valence-electron chi connectivity index (χ2n) is 10.6. The number of rotatable bonds is 26. The fourth-order valence-corrected chi connectivity index (χ4v) is 6.41. The molecule has 0 aromatic heterocycles. The van der Waals surface area contributed by atoms with Gasteiger partial charge in [0.2, 0.25) is 0 Å². The highest BCUT2D eigenvalue weighted by Gasteiger charge is 2.23. The van der Waals surface area contributed by atoms with Crippen molar-refractivity contribution in [3.8, 4) is 0 Å².